The maximum absolute atomic E-state index is 12.1. The quantitative estimate of drug-likeness (QED) is 0.853. The lowest BCUT2D eigenvalue weighted by Crippen LogP contribution is -2.36. The highest BCUT2D eigenvalue weighted by atomic mass is 16.1. The molecule has 1 saturated carbocycles. The van der Waals surface area contributed by atoms with Crippen molar-refractivity contribution in [3.05, 3.63) is 18.1 Å². The van der Waals surface area contributed by atoms with Crippen molar-refractivity contribution in [3.63, 3.8) is 0 Å². The van der Waals surface area contributed by atoms with Crippen molar-refractivity contribution in [3.8, 4) is 0 Å². The normalized spacial score (nSPS) is 22.8. The third-order valence-corrected chi connectivity index (χ3v) is 3.40. The number of hydrogen-bond donors (Lipinski definition) is 2. The molecule has 0 radical (unpaired) electrons. The molecule has 0 spiro atoms. The summed E-state index contributed by atoms with van der Waals surface area (Å²) in [6, 6.07) is 0.280. The molecule has 1 aromatic rings. The van der Waals surface area contributed by atoms with Crippen LogP contribution < -0.4 is 10.6 Å². The van der Waals surface area contributed by atoms with E-state index in [0.717, 1.165) is 13.0 Å². The first-order valence-electron chi connectivity index (χ1n) is 6.57. The third-order valence-electron chi connectivity index (χ3n) is 3.40. The topological polar surface area (TPSA) is 66.9 Å². The van der Waals surface area contributed by atoms with Crippen LogP contribution in [0.1, 0.15) is 43.6 Å². The molecule has 0 saturated heterocycles. The van der Waals surface area contributed by atoms with Crippen LogP contribution in [0.5, 0.6) is 0 Å². The molecule has 0 aromatic carbocycles. The molecular weight excluding hydrogens is 228 g/mol. The van der Waals surface area contributed by atoms with Crippen LogP contribution in [-0.2, 0) is 0 Å². The van der Waals surface area contributed by atoms with Crippen LogP contribution in [0.25, 0.3) is 0 Å². The average Bonchev–Trinajstić information content (AvgIpc) is 2.76. The van der Waals surface area contributed by atoms with E-state index in [1.807, 2.05) is 6.92 Å². The minimum atomic E-state index is -0.124. The Morgan fingerprint density at radius 3 is 2.94 bits per heavy atom. The summed E-state index contributed by atoms with van der Waals surface area (Å²) in [6.45, 7) is 4.92. The Hall–Kier alpha value is -1.65. The van der Waals surface area contributed by atoms with Crippen LogP contribution in [0.15, 0.2) is 12.4 Å². The smallest absolute Gasteiger partial charge is 0.271 e. The van der Waals surface area contributed by atoms with Crippen LogP contribution in [0.4, 0.5) is 5.82 Å². The SMILES string of the molecule is CCNc1cncc(C(=O)NC2CCCC2C)n1. The van der Waals surface area contributed by atoms with E-state index >= 15 is 0 Å². The molecule has 1 aliphatic carbocycles. The lowest BCUT2D eigenvalue weighted by atomic mass is 10.1. The summed E-state index contributed by atoms with van der Waals surface area (Å²) < 4.78 is 0. The fourth-order valence-electron chi connectivity index (χ4n) is 2.34. The summed E-state index contributed by atoms with van der Waals surface area (Å²) in [5, 5.41) is 6.10. The number of aromatic nitrogens is 2. The number of amides is 1. The Bertz CT molecular complexity index is 421. The van der Waals surface area contributed by atoms with E-state index in [0.29, 0.717) is 17.4 Å². The summed E-state index contributed by atoms with van der Waals surface area (Å²) >= 11 is 0. The molecule has 5 nitrogen and oxygen atoms in total. The van der Waals surface area contributed by atoms with E-state index in [9.17, 15) is 4.79 Å². The van der Waals surface area contributed by atoms with Crippen molar-refractivity contribution in [1.29, 1.82) is 0 Å². The van der Waals surface area contributed by atoms with Crippen LogP contribution in [0.2, 0.25) is 0 Å². The van der Waals surface area contributed by atoms with Crippen LogP contribution in [0, 0.1) is 5.92 Å². The highest BCUT2D eigenvalue weighted by Crippen LogP contribution is 2.24. The van der Waals surface area contributed by atoms with E-state index in [2.05, 4.69) is 27.5 Å². The monoisotopic (exact) mass is 248 g/mol. The molecule has 1 fully saturated rings. The van der Waals surface area contributed by atoms with Crippen molar-refractivity contribution in [2.75, 3.05) is 11.9 Å². The minimum Gasteiger partial charge on any atom is -0.369 e. The molecule has 0 aliphatic heterocycles. The maximum Gasteiger partial charge on any atom is 0.271 e. The summed E-state index contributed by atoms with van der Waals surface area (Å²) in [5.74, 6) is 1.07. The molecule has 1 aliphatic rings. The number of anilines is 1. The van der Waals surface area contributed by atoms with Crippen molar-refractivity contribution in [2.24, 2.45) is 5.92 Å². The van der Waals surface area contributed by atoms with Gasteiger partial charge in [0, 0.05) is 12.6 Å². The lowest BCUT2D eigenvalue weighted by molar-refractivity contribution is 0.0924. The van der Waals surface area contributed by atoms with Gasteiger partial charge in [0.15, 0.2) is 0 Å². The van der Waals surface area contributed by atoms with Gasteiger partial charge in [0.2, 0.25) is 0 Å². The molecule has 2 rings (SSSR count). The number of rotatable bonds is 4. The zero-order valence-corrected chi connectivity index (χ0v) is 10.9. The molecule has 98 valence electrons. The maximum atomic E-state index is 12.1. The van der Waals surface area contributed by atoms with Gasteiger partial charge in [-0.2, -0.15) is 0 Å². The van der Waals surface area contributed by atoms with Crippen molar-refractivity contribution in [2.45, 2.75) is 39.2 Å². The van der Waals surface area contributed by atoms with E-state index in [4.69, 9.17) is 0 Å². The van der Waals surface area contributed by atoms with E-state index in [1.54, 1.807) is 6.20 Å². The number of nitrogens with one attached hydrogen (secondary N) is 2. The Morgan fingerprint density at radius 1 is 1.44 bits per heavy atom. The number of hydrogen-bond acceptors (Lipinski definition) is 4. The number of carbonyl (C=O) groups is 1. The average molecular weight is 248 g/mol. The Balaban J connectivity index is 2.01. The van der Waals surface area contributed by atoms with Gasteiger partial charge in [-0.1, -0.05) is 13.3 Å². The van der Waals surface area contributed by atoms with Gasteiger partial charge >= 0.3 is 0 Å². The predicted molar refractivity (Wildman–Crippen MR) is 70.5 cm³/mol. The van der Waals surface area contributed by atoms with Crippen molar-refractivity contribution < 1.29 is 4.79 Å². The van der Waals surface area contributed by atoms with Crippen LogP contribution in [-0.4, -0.2) is 28.5 Å². The van der Waals surface area contributed by atoms with Gasteiger partial charge in [0.25, 0.3) is 5.91 Å². The molecule has 0 bridgehead atoms. The first kappa shape index (κ1) is 12.8. The number of carbonyl (C=O) groups excluding carboxylic acids is 1. The Labute approximate surface area is 107 Å². The summed E-state index contributed by atoms with van der Waals surface area (Å²) in [7, 11) is 0. The lowest BCUT2D eigenvalue weighted by Gasteiger charge is -2.16. The largest absolute Gasteiger partial charge is 0.369 e. The van der Waals surface area contributed by atoms with E-state index < -0.39 is 0 Å². The molecule has 1 heterocycles. The molecule has 1 amide bonds. The van der Waals surface area contributed by atoms with Gasteiger partial charge in [0.05, 0.1) is 12.4 Å². The van der Waals surface area contributed by atoms with Gasteiger partial charge < -0.3 is 10.6 Å². The number of nitrogens with zero attached hydrogens (tertiary/aromatic N) is 2. The van der Waals surface area contributed by atoms with Crippen LogP contribution in [0.3, 0.4) is 0 Å². The van der Waals surface area contributed by atoms with E-state index in [1.165, 1.54) is 19.0 Å². The zero-order chi connectivity index (χ0) is 13.0. The summed E-state index contributed by atoms with van der Waals surface area (Å²) in [4.78, 5) is 20.3. The molecule has 2 N–H and O–H groups in total. The fraction of sp³-hybridized carbons (Fsp3) is 0.615. The van der Waals surface area contributed by atoms with Gasteiger partial charge in [-0.15, -0.1) is 0 Å². The molecule has 5 heteroatoms. The highest BCUT2D eigenvalue weighted by Gasteiger charge is 2.25. The van der Waals surface area contributed by atoms with Crippen LogP contribution >= 0.6 is 0 Å². The standard InChI is InChI=1S/C13H20N4O/c1-3-15-12-8-14-7-11(16-12)13(18)17-10-6-4-5-9(10)2/h7-10H,3-6H2,1-2H3,(H,15,16)(H,17,18). The van der Waals surface area contributed by atoms with Gasteiger partial charge in [-0.25, -0.2) is 4.98 Å². The summed E-state index contributed by atoms with van der Waals surface area (Å²) in [5.41, 5.74) is 0.382. The first-order chi connectivity index (χ1) is 8.70. The first-order valence-corrected chi connectivity index (χ1v) is 6.57. The van der Waals surface area contributed by atoms with E-state index in [-0.39, 0.29) is 11.9 Å². The van der Waals surface area contributed by atoms with Gasteiger partial charge in [-0.3, -0.25) is 9.78 Å². The minimum absolute atomic E-state index is 0.124. The zero-order valence-electron chi connectivity index (χ0n) is 10.9. The van der Waals surface area contributed by atoms with Gasteiger partial charge in [-0.05, 0) is 25.7 Å². The predicted octanol–water partition coefficient (Wildman–Crippen LogP) is 1.83. The van der Waals surface area contributed by atoms with Crippen molar-refractivity contribution in [1.82, 2.24) is 15.3 Å². The molecule has 18 heavy (non-hydrogen) atoms. The second kappa shape index (κ2) is 5.80. The Kier molecular flexibility index (Phi) is 4.12. The summed E-state index contributed by atoms with van der Waals surface area (Å²) in [6.07, 6.45) is 6.57. The molecular formula is C13H20N4O. The highest BCUT2D eigenvalue weighted by molar-refractivity contribution is 5.92. The second-order valence-electron chi connectivity index (χ2n) is 4.81. The van der Waals surface area contributed by atoms with Crippen molar-refractivity contribution >= 4 is 11.7 Å². The Morgan fingerprint density at radius 2 is 2.28 bits per heavy atom. The molecule has 2 atom stereocenters. The molecule has 1 aromatic heterocycles. The van der Waals surface area contributed by atoms with Gasteiger partial charge in [0.1, 0.15) is 11.5 Å². The molecule has 2 unspecified atom stereocenters. The second-order valence-corrected chi connectivity index (χ2v) is 4.81. The third kappa shape index (κ3) is 2.97. The fourth-order valence-corrected chi connectivity index (χ4v) is 2.34.